The lowest BCUT2D eigenvalue weighted by Crippen LogP contribution is -2.34. The summed E-state index contributed by atoms with van der Waals surface area (Å²) in [4.78, 5) is 0. The highest BCUT2D eigenvalue weighted by atomic mass is 16.3. The highest BCUT2D eigenvalue weighted by Crippen LogP contribution is 2.59. The van der Waals surface area contributed by atoms with Crippen molar-refractivity contribution in [2.24, 2.45) is 10.8 Å². The van der Waals surface area contributed by atoms with Gasteiger partial charge in [0.1, 0.15) is 0 Å². The fourth-order valence-electron chi connectivity index (χ4n) is 5.03. The molecule has 4 aliphatic carbocycles. The van der Waals surface area contributed by atoms with Gasteiger partial charge in [-0.3, -0.25) is 0 Å². The third-order valence-electron chi connectivity index (χ3n) is 6.22. The van der Waals surface area contributed by atoms with Crippen LogP contribution in [0.1, 0.15) is 46.0 Å². The van der Waals surface area contributed by atoms with E-state index in [2.05, 4.69) is 26.0 Å². The van der Waals surface area contributed by atoms with Crippen molar-refractivity contribution in [1.29, 1.82) is 0 Å². The molecule has 0 fully saturated rings. The molecule has 0 bridgehead atoms. The molecule has 0 aliphatic heterocycles. The molecule has 4 atom stereocenters. The lowest BCUT2D eigenvalue weighted by molar-refractivity contribution is 0.176. The first-order chi connectivity index (χ1) is 9.92. The lowest BCUT2D eigenvalue weighted by Gasteiger charge is -2.47. The quantitative estimate of drug-likeness (QED) is 0.669. The summed E-state index contributed by atoms with van der Waals surface area (Å²) in [5.74, 6) is 0. The molecule has 0 saturated carbocycles. The molecule has 0 heterocycles. The van der Waals surface area contributed by atoms with Crippen molar-refractivity contribution in [2.75, 3.05) is 0 Å². The summed E-state index contributed by atoms with van der Waals surface area (Å²) in [5, 5.41) is 20.0. The summed E-state index contributed by atoms with van der Waals surface area (Å²) in [6.45, 7) is 4.61. The predicted molar refractivity (Wildman–Crippen MR) is 83.6 cm³/mol. The molecule has 3 unspecified atom stereocenters. The Morgan fingerprint density at radius 1 is 1.10 bits per heavy atom. The van der Waals surface area contributed by atoms with Crippen molar-refractivity contribution in [2.45, 2.75) is 58.2 Å². The Morgan fingerprint density at radius 2 is 1.90 bits per heavy atom. The Balaban J connectivity index is 1.85. The van der Waals surface area contributed by atoms with Crippen molar-refractivity contribution < 1.29 is 10.2 Å². The molecule has 0 saturated heterocycles. The van der Waals surface area contributed by atoms with Gasteiger partial charge in [-0.25, -0.2) is 0 Å². The maximum Gasteiger partial charge on any atom is 0.0906 e. The normalized spacial score (nSPS) is 44.8. The SMILES string of the molecule is CC12C=CC(O)C=C1CCC1=C2CC[C@@]2(C)CC(O)C=C12. The Morgan fingerprint density at radius 3 is 2.71 bits per heavy atom. The van der Waals surface area contributed by atoms with E-state index in [1.807, 2.05) is 12.2 Å². The van der Waals surface area contributed by atoms with Gasteiger partial charge in [-0.05, 0) is 55.6 Å². The van der Waals surface area contributed by atoms with Gasteiger partial charge < -0.3 is 10.2 Å². The molecular formula is C19H24O2. The zero-order chi connectivity index (χ0) is 14.8. The highest BCUT2D eigenvalue weighted by molar-refractivity contribution is 5.55. The zero-order valence-electron chi connectivity index (χ0n) is 12.9. The minimum absolute atomic E-state index is 0.0114. The van der Waals surface area contributed by atoms with Crippen molar-refractivity contribution in [3.05, 3.63) is 46.6 Å². The highest BCUT2D eigenvalue weighted by Gasteiger charge is 2.47. The third kappa shape index (κ3) is 1.79. The number of aliphatic hydroxyl groups excluding tert-OH is 2. The predicted octanol–water partition coefficient (Wildman–Crippen LogP) is 3.43. The zero-order valence-corrected chi connectivity index (χ0v) is 12.9. The van der Waals surface area contributed by atoms with Gasteiger partial charge in [0.15, 0.2) is 0 Å². The molecule has 0 amide bonds. The molecule has 0 aromatic carbocycles. The van der Waals surface area contributed by atoms with E-state index in [9.17, 15) is 10.2 Å². The summed E-state index contributed by atoms with van der Waals surface area (Å²) < 4.78 is 0. The number of fused-ring (bicyclic) bond motifs is 4. The van der Waals surface area contributed by atoms with Crippen LogP contribution in [0.15, 0.2) is 46.6 Å². The maximum absolute atomic E-state index is 10.1. The second-order valence-corrected chi connectivity index (χ2v) is 7.61. The van der Waals surface area contributed by atoms with Crippen molar-refractivity contribution in [3.8, 4) is 0 Å². The van der Waals surface area contributed by atoms with Gasteiger partial charge in [0, 0.05) is 5.41 Å². The van der Waals surface area contributed by atoms with E-state index in [-0.39, 0.29) is 16.9 Å². The summed E-state index contributed by atoms with van der Waals surface area (Å²) in [6.07, 6.45) is 12.8. The van der Waals surface area contributed by atoms with E-state index < -0.39 is 6.10 Å². The minimum Gasteiger partial charge on any atom is -0.389 e. The standard InChI is InChI=1S/C19H24O2/c1-18-7-6-16-15(17(18)10-14(21)11-18)4-3-12-9-13(20)5-8-19(12,16)2/h5,8-10,13-14,20-21H,3-4,6-7,11H2,1-2H3/t13?,14?,18-,19?/m0/s1. The fourth-order valence-corrected chi connectivity index (χ4v) is 5.03. The fraction of sp³-hybridized carbons (Fsp3) is 0.579. The first-order valence-electron chi connectivity index (χ1n) is 8.14. The van der Waals surface area contributed by atoms with E-state index in [1.165, 1.54) is 22.3 Å². The van der Waals surface area contributed by atoms with Gasteiger partial charge >= 0.3 is 0 Å². The average molecular weight is 284 g/mol. The largest absolute Gasteiger partial charge is 0.389 e. The summed E-state index contributed by atoms with van der Waals surface area (Å²) in [6, 6.07) is 0. The van der Waals surface area contributed by atoms with Gasteiger partial charge in [0.05, 0.1) is 12.2 Å². The van der Waals surface area contributed by atoms with Crippen molar-refractivity contribution in [3.63, 3.8) is 0 Å². The van der Waals surface area contributed by atoms with Gasteiger partial charge in [-0.1, -0.05) is 42.4 Å². The third-order valence-corrected chi connectivity index (χ3v) is 6.22. The number of allylic oxidation sites excluding steroid dienone is 5. The lowest BCUT2D eigenvalue weighted by atomic mass is 9.57. The smallest absolute Gasteiger partial charge is 0.0906 e. The Kier molecular flexibility index (Phi) is 2.71. The van der Waals surface area contributed by atoms with Crippen LogP contribution < -0.4 is 0 Å². The van der Waals surface area contributed by atoms with Gasteiger partial charge in [-0.2, -0.15) is 0 Å². The molecule has 4 rings (SSSR count). The molecule has 2 nitrogen and oxygen atoms in total. The Bertz CT molecular complexity index is 621. The average Bonchev–Trinajstić information content (AvgIpc) is 2.74. The van der Waals surface area contributed by atoms with Crippen LogP contribution >= 0.6 is 0 Å². The summed E-state index contributed by atoms with van der Waals surface area (Å²) in [7, 11) is 0. The second-order valence-electron chi connectivity index (χ2n) is 7.61. The number of hydrogen-bond acceptors (Lipinski definition) is 2. The van der Waals surface area contributed by atoms with Gasteiger partial charge in [0.2, 0.25) is 0 Å². The number of aliphatic hydroxyl groups is 2. The number of hydrogen-bond donors (Lipinski definition) is 2. The van der Waals surface area contributed by atoms with Gasteiger partial charge in [-0.15, -0.1) is 0 Å². The van der Waals surface area contributed by atoms with Crippen LogP contribution in [-0.2, 0) is 0 Å². The summed E-state index contributed by atoms with van der Waals surface area (Å²) in [5.41, 5.74) is 5.98. The molecule has 0 radical (unpaired) electrons. The molecule has 2 N–H and O–H groups in total. The molecule has 112 valence electrons. The second kappa shape index (κ2) is 4.21. The van der Waals surface area contributed by atoms with Crippen LogP contribution in [-0.4, -0.2) is 22.4 Å². The van der Waals surface area contributed by atoms with Crippen LogP contribution in [0.2, 0.25) is 0 Å². The first kappa shape index (κ1) is 13.5. The maximum atomic E-state index is 10.1. The Labute approximate surface area is 126 Å². The van der Waals surface area contributed by atoms with Crippen molar-refractivity contribution in [1.82, 2.24) is 0 Å². The van der Waals surface area contributed by atoms with Crippen LogP contribution in [0.5, 0.6) is 0 Å². The first-order valence-corrected chi connectivity index (χ1v) is 8.14. The van der Waals surface area contributed by atoms with Crippen LogP contribution in [0.25, 0.3) is 0 Å². The molecule has 2 heteroatoms. The molecule has 0 aromatic rings. The van der Waals surface area contributed by atoms with Crippen molar-refractivity contribution >= 4 is 0 Å². The van der Waals surface area contributed by atoms with Crippen LogP contribution in [0.3, 0.4) is 0 Å². The minimum atomic E-state index is -0.420. The molecule has 4 aliphatic rings. The molecule has 0 spiro atoms. The topological polar surface area (TPSA) is 40.5 Å². The van der Waals surface area contributed by atoms with Crippen LogP contribution in [0, 0.1) is 10.8 Å². The van der Waals surface area contributed by atoms with E-state index in [1.54, 1.807) is 0 Å². The van der Waals surface area contributed by atoms with E-state index in [0.717, 1.165) is 32.1 Å². The van der Waals surface area contributed by atoms with E-state index >= 15 is 0 Å². The summed E-state index contributed by atoms with van der Waals surface area (Å²) >= 11 is 0. The van der Waals surface area contributed by atoms with Gasteiger partial charge in [0.25, 0.3) is 0 Å². The molecule has 21 heavy (non-hydrogen) atoms. The molecular weight excluding hydrogens is 260 g/mol. The van der Waals surface area contributed by atoms with E-state index in [4.69, 9.17) is 0 Å². The number of rotatable bonds is 0. The molecule has 0 aromatic heterocycles. The van der Waals surface area contributed by atoms with E-state index in [0.29, 0.717) is 0 Å². The van der Waals surface area contributed by atoms with Crippen LogP contribution in [0.4, 0.5) is 0 Å². The Hall–Kier alpha value is -1.12. The monoisotopic (exact) mass is 284 g/mol.